The maximum Gasteiger partial charge on any atom is 0.319 e. The monoisotopic (exact) mass is 360 g/mol. The van der Waals surface area contributed by atoms with E-state index >= 15 is 0 Å². The van der Waals surface area contributed by atoms with Gasteiger partial charge in [0.15, 0.2) is 0 Å². The van der Waals surface area contributed by atoms with Crippen LogP contribution in [0, 0.1) is 12.8 Å². The van der Waals surface area contributed by atoms with Crippen LogP contribution in [0.2, 0.25) is 0 Å². The van der Waals surface area contributed by atoms with Crippen molar-refractivity contribution >= 4 is 23.5 Å². The first kappa shape index (κ1) is 19.8. The smallest absolute Gasteiger partial charge is 0.319 e. The lowest BCUT2D eigenvalue weighted by Gasteiger charge is -2.31. The fourth-order valence-electron chi connectivity index (χ4n) is 3.08. The van der Waals surface area contributed by atoms with Gasteiger partial charge in [-0.15, -0.1) is 0 Å². The highest BCUT2D eigenvalue weighted by Crippen LogP contribution is 2.21. The van der Waals surface area contributed by atoms with Crippen molar-refractivity contribution in [2.75, 3.05) is 31.5 Å². The summed E-state index contributed by atoms with van der Waals surface area (Å²) in [5.74, 6) is 0.325. The van der Waals surface area contributed by atoms with Crippen molar-refractivity contribution in [2.24, 2.45) is 5.92 Å². The van der Waals surface area contributed by atoms with Crippen molar-refractivity contribution in [3.8, 4) is 0 Å². The zero-order chi connectivity index (χ0) is 19.1. The van der Waals surface area contributed by atoms with Gasteiger partial charge in [-0.3, -0.25) is 9.59 Å². The maximum atomic E-state index is 12.7. The molecule has 0 bridgehead atoms. The van der Waals surface area contributed by atoms with E-state index in [4.69, 9.17) is 0 Å². The molecule has 2 rings (SSSR count). The second kappa shape index (κ2) is 9.22. The number of likely N-dealkylation sites (tertiary alicyclic amines) is 1. The highest BCUT2D eigenvalue weighted by molar-refractivity contribution is 5.97. The Hall–Kier alpha value is -2.57. The van der Waals surface area contributed by atoms with Crippen LogP contribution >= 0.6 is 0 Å². The molecule has 7 heteroatoms. The van der Waals surface area contributed by atoms with E-state index in [-0.39, 0.29) is 18.4 Å². The van der Waals surface area contributed by atoms with Crippen molar-refractivity contribution in [1.82, 2.24) is 15.5 Å². The minimum Gasteiger partial charge on any atom is -0.355 e. The molecular formula is C19H28N4O3. The van der Waals surface area contributed by atoms with Gasteiger partial charge in [0, 0.05) is 30.9 Å². The molecule has 0 aliphatic carbocycles. The summed E-state index contributed by atoms with van der Waals surface area (Å²) in [6.45, 7) is 7.85. The Morgan fingerprint density at radius 2 is 2.00 bits per heavy atom. The molecule has 142 valence electrons. The summed E-state index contributed by atoms with van der Waals surface area (Å²) in [4.78, 5) is 37.8. The van der Waals surface area contributed by atoms with Crippen LogP contribution in [0.4, 0.5) is 10.5 Å². The van der Waals surface area contributed by atoms with Crippen molar-refractivity contribution in [1.29, 1.82) is 0 Å². The van der Waals surface area contributed by atoms with Crippen LogP contribution in [0.5, 0.6) is 0 Å². The van der Waals surface area contributed by atoms with Gasteiger partial charge >= 0.3 is 6.03 Å². The van der Waals surface area contributed by atoms with E-state index in [9.17, 15) is 14.4 Å². The molecule has 4 amide bonds. The SMILES string of the molecule is CCNC(=O)CNC(=O)Nc1ccc(C(=O)N2CCCC(C)C2)cc1C. The zero-order valence-electron chi connectivity index (χ0n) is 15.7. The summed E-state index contributed by atoms with van der Waals surface area (Å²) >= 11 is 0. The molecule has 1 unspecified atom stereocenters. The van der Waals surface area contributed by atoms with Crippen LogP contribution in [0.1, 0.15) is 42.6 Å². The third-order valence-electron chi connectivity index (χ3n) is 4.45. The molecule has 0 radical (unpaired) electrons. The molecule has 1 aliphatic rings. The first-order chi connectivity index (χ1) is 12.4. The highest BCUT2D eigenvalue weighted by atomic mass is 16.2. The van der Waals surface area contributed by atoms with Gasteiger partial charge < -0.3 is 20.9 Å². The van der Waals surface area contributed by atoms with Gasteiger partial charge in [0.05, 0.1) is 6.54 Å². The van der Waals surface area contributed by atoms with Gasteiger partial charge in [-0.25, -0.2) is 4.79 Å². The average molecular weight is 360 g/mol. The van der Waals surface area contributed by atoms with E-state index in [0.717, 1.165) is 31.5 Å². The standard InChI is InChI=1S/C19H28N4O3/c1-4-20-17(24)11-21-19(26)22-16-8-7-15(10-14(16)3)18(25)23-9-5-6-13(2)12-23/h7-8,10,13H,4-6,9,11-12H2,1-3H3,(H,20,24)(H2,21,22,26). The van der Waals surface area contributed by atoms with Crippen LogP contribution in [-0.2, 0) is 4.79 Å². The van der Waals surface area contributed by atoms with E-state index in [1.54, 1.807) is 18.2 Å². The van der Waals surface area contributed by atoms with E-state index in [1.807, 2.05) is 18.7 Å². The van der Waals surface area contributed by atoms with Crippen molar-refractivity contribution in [3.05, 3.63) is 29.3 Å². The molecule has 26 heavy (non-hydrogen) atoms. The Labute approximate surface area is 154 Å². The van der Waals surface area contributed by atoms with E-state index in [2.05, 4.69) is 22.9 Å². The Morgan fingerprint density at radius 1 is 1.23 bits per heavy atom. The van der Waals surface area contributed by atoms with Crippen LogP contribution in [0.15, 0.2) is 18.2 Å². The lowest BCUT2D eigenvalue weighted by atomic mass is 9.99. The minimum atomic E-state index is -0.455. The third kappa shape index (κ3) is 5.47. The van der Waals surface area contributed by atoms with Crippen LogP contribution in [0.25, 0.3) is 0 Å². The molecule has 1 aliphatic heterocycles. The van der Waals surface area contributed by atoms with Crippen LogP contribution in [-0.4, -0.2) is 48.9 Å². The summed E-state index contributed by atoms with van der Waals surface area (Å²) in [5, 5.41) is 7.81. The number of amides is 4. The quantitative estimate of drug-likeness (QED) is 0.751. The molecule has 1 aromatic carbocycles. The van der Waals surface area contributed by atoms with Crippen LogP contribution in [0.3, 0.4) is 0 Å². The van der Waals surface area contributed by atoms with Crippen molar-refractivity contribution in [3.63, 3.8) is 0 Å². The third-order valence-corrected chi connectivity index (χ3v) is 4.45. The van der Waals surface area contributed by atoms with Gasteiger partial charge in [-0.1, -0.05) is 6.92 Å². The molecule has 1 saturated heterocycles. The number of benzene rings is 1. The zero-order valence-corrected chi connectivity index (χ0v) is 15.7. The van der Waals surface area contributed by atoms with E-state index in [1.165, 1.54) is 0 Å². The number of aryl methyl sites for hydroxylation is 1. The Bertz CT molecular complexity index is 675. The minimum absolute atomic E-state index is 0.0342. The Kier molecular flexibility index (Phi) is 7.00. The predicted octanol–water partition coefficient (Wildman–Crippen LogP) is 2.12. The number of anilines is 1. The number of carbonyl (C=O) groups excluding carboxylic acids is 3. The topological polar surface area (TPSA) is 90.5 Å². The van der Waals surface area contributed by atoms with Gasteiger partial charge in [0.25, 0.3) is 5.91 Å². The number of piperidine rings is 1. The largest absolute Gasteiger partial charge is 0.355 e. The van der Waals surface area contributed by atoms with Gasteiger partial charge in [0.1, 0.15) is 0 Å². The number of hydrogen-bond donors (Lipinski definition) is 3. The highest BCUT2D eigenvalue weighted by Gasteiger charge is 2.22. The first-order valence-electron chi connectivity index (χ1n) is 9.12. The molecule has 1 fully saturated rings. The van der Waals surface area contributed by atoms with Crippen LogP contribution < -0.4 is 16.0 Å². The average Bonchev–Trinajstić information content (AvgIpc) is 2.61. The molecule has 0 spiro atoms. The second-order valence-electron chi connectivity index (χ2n) is 6.79. The maximum absolute atomic E-state index is 12.7. The fraction of sp³-hybridized carbons (Fsp3) is 0.526. The fourth-order valence-corrected chi connectivity index (χ4v) is 3.08. The second-order valence-corrected chi connectivity index (χ2v) is 6.79. The lowest BCUT2D eigenvalue weighted by Crippen LogP contribution is -2.39. The number of hydrogen-bond acceptors (Lipinski definition) is 3. The Balaban J connectivity index is 1.95. The molecule has 1 heterocycles. The van der Waals surface area contributed by atoms with Gasteiger partial charge in [0.2, 0.25) is 5.91 Å². The number of urea groups is 1. The van der Waals surface area contributed by atoms with Crippen molar-refractivity contribution in [2.45, 2.75) is 33.6 Å². The number of carbonyl (C=O) groups is 3. The number of nitrogens with one attached hydrogen (secondary N) is 3. The molecule has 3 N–H and O–H groups in total. The molecular weight excluding hydrogens is 332 g/mol. The summed E-state index contributed by atoms with van der Waals surface area (Å²) in [5.41, 5.74) is 2.04. The van der Waals surface area contributed by atoms with Crippen molar-refractivity contribution < 1.29 is 14.4 Å². The molecule has 0 aromatic heterocycles. The summed E-state index contributed by atoms with van der Waals surface area (Å²) in [6.07, 6.45) is 2.20. The molecule has 7 nitrogen and oxygen atoms in total. The normalized spacial score (nSPS) is 16.7. The van der Waals surface area contributed by atoms with E-state index < -0.39 is 6.03 Å². The van der Waals surface area contributed by atoms with Gasteiger partial charge in [-0.2, -0.15) is 0 Å². The number of nitrogens with zero attached hydrogens (tertiary/aromatic N) is 1. The van der Waals surface area contributed by atoms with E-state index in [0.29, 0.717) is 23.7 Å². The molecule has 1 aromatic rings. The van der Waals surface area contributed by atoms with Gasteiger partial charge in [-0.05, 0) is 56.4 Å². The first-order valence-corrected chi connectivity index (χ1v) is 9.12. The summed E-state index contributed by atoms with van der Waals surface area (Å²) < 4.78 is 0. The number of rotatable bonds is 5. The lowest BCUT2D eigenvalue weighted by molar-refractivity contribution is -0.119. The number of likely N-dealkylation sites (N-methyl/N-ethyl adjacent to an activating group) is 1. The Morgan fingerprint density at radius 3 is 2.65 bits per heavy atom. The molecule has 1 atom stereocenters. The summed E-state index contributed by atoms with van der Waals surface area (Å²) in [7, 11) is 0. The predicted molar refractivity (Wildman–Crippen MR) is 101 cm³/mol. The summed E-state index contributed by atoms with van der Waals surface area (Å²) in [6, 6.07) is 4.79. The molecule has 0 saturated carbocycles.